The maximum Gasteiger partial charge on any atom is 0.209 e. The predicted octanol–water partition coefficient (Wildman–Crippen LogP) is 7.58. The molecule has 4 aromatic carbocycles. The molecule has 5 heteroatoms. The first-order valence-electron chi connectivity index (χ1n) is 11.8. The van der Waals surface area contributed by atoms with Crippen molar-refractivity contribution in [3.8, 4) is 16.9 Å². The molecule has 1 N–H and O–H groups in total. The third-order valence-corrected chi connectivity index (χ3v) is 6.83. The molecule has 0 fully saturated rings. The summed E-state index contributed by atoms with van der Waals surface area (Å²) < 4.78 is 1.75. The van der Waals surface area contributed by atoms with Gasteiger partial charge >= 0.3 is 0 Å². The number of rotatable bonds is 5. The maximum atomic E-state index is 13.7. The van der Waals surface area contributed by atoms with Crippen molar-refractivity contribution in [2.75, 3.05) is 0 Å². The number of phenolic OH excluding ortho intramolecular Hbond substituents is 1. The van der Waals surface area contributed by atoms with Gasteiger partial charge < -0.3 is 9.51 Å². The van der Waals surface area contributed by atoms with E-state index in [0.29, 0.717) is 27.4 Å². The van der Waals surface area contributed by atoms with Gasteiger partial charge in [-0.1, -0.05) is 90.5 Å². The summed E-state index contributed by atoms with van der Waals surface area (Å²) >= 11 is 6.13. The van der Waals surface area contributed by atoms with Crippen LogP contribution in [-0.2, 0) is 0 Å². The Balaban J connectivity index is 1.51. The predicted molar refractivity (Wildman–Crippen MR) is 147 cm³/mol. The van der Waals surface area contributed by atoms with Crippen LogP contribution in [0.25, 0.3) is 27.4 Å². The van der Waals surface area contributed by atoms with E-state index in [2.05, 4.69) is 0 Å². The molecule has 6 rings (SSSR count). The number of nitrogens with zero attached hydrogens (tertiary/aromatic N) is 1. The van der Waals surface area contributed by atoms with E-state index >= 15 is 0 Å². The topological polar surface area (TPSA) is 58.8 Å². The van der Waals surface area contributed by atoms with E-state index in [4.69, 9.17) is 11.6 Å². The molecule has 0 saturated carbocycles. The number of fused-ring (bicyclic) bond motifs is 3. The zero-order chi connectivity index (χ0) is 25.5. The molecule has 37 heavy (non-hydrogen) atoms. The smallest absolute Gasteiger partial charge is 0.209 e. The van der Waals surface area contributed by atoms with Crippen LogP contribution in [0.3, 0.4) is 0 Å². The van der Waals surface area contributed by atoms with E-state index in [0.717, 1.165) is 21.9 Å². The van der Waals surface area contributed by atoms with Crippen LogP contribution >= 0.6 is 11.6 Å². The Morgan fingerprint density at radius 1 is 0.676 bits per heavy atom. The monoisotopic (exact) mass is 501 g/mol. The van der Waals surface area contributed by atoms with Crippen LogP contribution in [-0.4, -0.2) is 21.1 Å². The van der Waals surface area contributed by atoms with E-state index < -0.39 is 5.78 Å². The molecule has 0 amide bonds. The lowest BCUT2D eigenvalue weighted by molar-refractivity contribution is 0.103. The highest BCUT2D eigenvalue weighted by Gasteiger charge is 2.24. The number of benzene rings is 4. The van der Waals surface area contributed by atoms with Crippen molar-refractivity contribution in [2.24, 2.45) is 0 Å². The summed E-state index contributed by atoms with van der Waals surface area (Å²) in [5, 5.41) is 12.5. The molecule has 0 bridgehead atoms. The van der Waals surface area contributed by atoms with Crippen LogP contribution < -0.4 is 0 Å². The molecule has 0 aliphatic rings. The van der Waals surface area contributed by atoms with Crippen LogP contribution in [0.4, 0.5) is 0 Å². The first-order chi connectivity index (χ1) is 18.0. The third kappa shape index (κ3) is 3.98. The van der Waals surface area contributed by atoms with Gasteiger partial charge in [-0.2, -0.15) is 0 Å². The molecule has 0 saturated heterocycles. The average Bonchev–Trinajstić information content (AvgIpc) is 3.34. The second kappa shape index (κ2) is 9.08. The van der Waals surface area contributed by atoms with Crippen LogP contribution in [0.5, 0.6) is 5.75 Å². The Labute approximate surface area is 218 Å². The van der Waals surface area contributed by atoms with Crippen LogP contribution in [0.2, 0.25) is 5.02 Å². The van der Waals surface area contributed by atoms with Crippen LogP contribution in [0.15, 0.2) is 115 Å². The fourth-order valence-electron chi connectivity index (χ4n) is 4.74. The minimum atomic E-state index is -0.410. The van der Waals surface area contributed by atoms with Crippen molar-refractivity contribution in [1.29, 1.82) is 0 Å². The standard InChI is InChI=1S/C32H20ClNO3/c33-24-14-15-29(35)26(18-24)32(37)27-19-28(34-17-16-22-8-4-5-9-25(22)30(27)34)31(36)23-12-10-21(11-13-23)20-6-2-1-3-7-20/h1-19,35H. The van der Waals surface area contributed by atoms with Gasteiger partial charge in [-0.05, 0) is 46.8 Å². The highest BCUT2D eigenvalue weighted by Crippen LogP contribution is 2.32. The quantitative estimate of drug-likeness (QED) is 0.248. The Hall–Kier alpha value is -4.67. The lowest BCUT2D eigenvalue weighted by atomic mass is 9.99. The summed E-state index contributed by atoms with van der Waals surface area (Å²) in [6.45, 7) is 0. The molecule has 0 spiro atoms. The van der Waals surface area contributed by atoms with E-state index in [1.54, 1.807) is 28.8 Å². The van der Waals surface area contributed by atoms with Gasteiger partial charge in [0.25, 0.3) is 0 Å². The SMILES string of the molecule is O=C(c1cc(Cl)ccc1O)c1cc(C(=O)c2ccc(-c3ccccc3)cc2)n2ccc3ccccc3c12. The lowest BCUT2D eigenvalue weighted by Crippen LogP contribution is -2.05. The van der Waals surface area contributed by atoms with E-state index in [1.165, 1.54) is 18.2 Å². The lowest BCUT2D eigenvalue weighted by Gasteiger charge is -2.08. The second-order valence-electron chi connectivity index (χ2n) is 8.83. The molecule has 0 unspecified atom stereocenters. The Kier molecular flexibility index (Phi) is 5.59. The van der Waals surface area contributed by atoms with Crippen LogP contribution in [0, 0.1) is 0 Å². The highest BCUT2D eigenvalue weighted by molar-refractivity contribution is 6.31. The molecule has 178 valence electrons. The van der Waals surface area contributed by atoms with E-state index in [1.807, 2.05) is 72.8 Å². The molecule has 0 atom stereocenters. The second-order valence-corrected chi connectivity index (χ2v) is 9.26. The molecular weight excluding hydrogens is 482 g/mol. The normalized spacial score (nSPS) is 11.2. The van der Waals surface area contributed by atoms with Gasteiger partial charge in [0.15, 0.2) is 5.78 Å². The van der Waals surface area contributed by atoms with E-state index in [-0.39, 0.29) is 17.1 Å². The first kappa shape index (κ1) is 22.8. The van der Waals surface area contributed by atoms with Crippen molar-refractivity contribution in [1.82, 2.24) is 4.40 Å². The fraction of sp³-hybridized carbons (Fsp3) is 0. The van der Waals surface area contributed by atoms with Crippen molar-refractivity contribution in [3.63, 3.8) is 0 Å². The van der Waals surface area contributed by atoms with Gasteiger partial charge in [0.2, 0.25) is 5.78 Å². The zero-order valence-electron chi connectivity index (χ0n) is 19.6. The number of carbonyl (C=O) groups excluding carboxylic acids is 2. The van der Waals surface area contributed by atoms with Crippen molar-refractivity contribution >= 4 is 39.5 Å². The molecule has 0 aliphatic heterocycles. The molecule has 6 aromatic rings. The number of aromatic nitrogens is 1. The molecule has 2 heterocycles. The summed E-state index contributed by atoms with van der Waals surface area (Å²) in [5.41, 5.74) is 3.95. The molecule has 0 radical (unpaired) electrons. The summed E-state index contributed by atoms with van der Waals surface area (Å²) in [4.78, 5) is 27.4. The summed E-state index contributed by atoms with van der Waals surface area (Å²) in [6, 6.07) is 33.0. The van der Waals surface area contributed by atoms with Crippen molar-refractivity contribution in [3.05, 3.63) is 143 Å². The molecule has 2 aromatic heterocycles. The Morgan fingerprint density at radius 2 is 1.38 bits per heavy atom. The number of carbonyl (C=O) groups is 2. The van der Waals surface area contributed by atoms with Crippen molar-refractivity contribution < 1.29 is 14.7 Å². The van der Waals surface area contributed by atoms with Gasteiger partial charge in [-0.25, -0.2) is 0 Å². The highest BCUT2D eigenvalue weighted by atomic mass is 35.5. The maximum absolute atomic E-state index is 13.7. The average molecular weight is 502 g/mol. The van der Waals surface area contributed by atoms with Crippen LogP contribution in [0.1, 0.15) is 32.0 Å². The Morgan fingerprint density at radius 3 is 2.16 bits per heavy atom. The van der Waals surface area contributed by atoms with Gasteiger partial charge in [-0.15, -0.1) is 0 Å². The third-order valence-electron chi connectivity index (χ3n) is 6.59. The van der Waals surface area contributed by atoms with Gasteiger partial charge in [0, 0.05) is 27.7 Å². The number of hydrogen-bond acceptors (Lipinski definition) is 3. The molecule has 4 nitrogen and oxygen atoms in total. The Bertz CT molecular complexity index is 1820. The molecule has 0 aliphatic carbocycles. The van der Waals surface area contributed by atoms with Gasteiger partial charge in [0.1, 0.15) is 5.75 Å². The summed E-state index contributed by atoms with van der Waals surface area (Å²) in [7, 11) is 0. The summed E-state index contributed by atoms with van der Waals surface area (Å²) in [5.74, 6) is -0.787. The molecular formula is C32H20ClNO3. The number of ketones is 2. The van der Waals surface area contributed by atoms with Crippen molar-refractivity contribution in [2.45, 2.75) is 0 Å². The first-order valence-corrected chi connectivity index (χ1v) is 12.2. The minimum Gasteiger partial charge on any atom is -0.507 e. The number of hydrogen-bond donors (Lipinski definition) is 1. The number of phenols is 1. The van der Waals surface area contributed by atoms with E-state index in [9.17, 15) is 14.7 Å². The minimum absolute atomic E-state index is 0.0825. The van der Waals surface area contributed by atoms with Gasteiger partial charge in [0.05, 0.1) is 16.8 Å². The number of halogens is 1. The number of aromatic hydroxyl groups is 1. The largest absolute Gasteiger partial charge is 0.507 e. The summed E-state index contributed by atoms with van der Waals surface area (Å²) in [6.07, 6.45) is 1.80. The number of pyridine rings is 1. The fourth-order valence-corrected chi connectivity index (χ4v) is 4.92. The van der Waals surface area contributed by atoms with Gasteiger partial charge in [-0.3, -0.25) is 9.59 Å². The zero-order valence-corrected chi connectivity index (χ0v) is 20.3.